The number of alkyl halides is 4. The second kappa shape index (κ2) is 9.76. The lowest BCUT2D eigenvalue weighted by molar-refractivity contribution is -0.159. The van der Waals surface area contributed by atoms with E-state index in [9.17, 15) is 22.0 Å². The summed E-state index contributed by atoms with van der Waals surface area (Å²) in [5, 5.41) is 1.57. The van der Waals surface area contributed by atoms with Crippen LogP contribution in [-0.4, -0.2) is 70.0 Å². The minimum Gasteiger partial charge on any atom is -0.461 e. The van der Waals surface area contributed by atoms with Crippen molar-refractivity contribution in [2.45, 2.75) is 49.6 Å². The number of pyridine rings is 1. The van der Waals surface area contributed by atoms with E-state index in [0.717, 1.165) is 19.4 Å². The molecule has 11 heteroatoms. The zero-order chi connectivity index (χ0) is 29.2. The highest BCUT2D eigenvalue weighted by molar-refractivity contribution is 5.95. The highest BCUT2D eigenvalue weighted by Gasteiger charge is 2.50. The number of ether oxygens (including phenoxy) is 1. The van der Waals surface area contributed by atoms with Gasteiger partial charge in [-0.15, -0.1) is 6.42 Å². The van der Waals surface area contributed by atoms with E-state index in [1.807, 2.05) is 0 Å². The van der Waals surface area contributed by atoms with E-state index in [4.69, 9.17) is 11.2 Å². The second-order valence-electron chi connectivity index (χ2n) is 11.3. The van der Waals surface area contributed by atoms with Crippen LogP contribution >= 0.6 is 0 Å². The summed E-state index contributed by atoms with van der Waals surface area (Å²) in [5.41, 5.74) is 1.10. The number of rotatable bonds is 5. The molecule has 2 aromatic carbocycles. The van der Waals surface area contributed by atoms with Crippen LogP contribution in [0, 0.1) is 18.2 Å². The van der Waals surface area contributed by atoms with E-state index in [0.29, 0.717) is 45.9 Å². The molecule has 0 saturated carbocycles. The van der Waals surface area contributed by atoms with Gasteiger partial charge in [-0.05, 0) is 49.4 Å². The molecule has 0 spiro atoms. The van der Waals surface area contributed by atoms with Gasteiger partial charge in [-0.3, -0.25) is 4.90 Å². The molecule has 3 aliphatic heterocycles. The highest BCUT2D eigenvalue weighted by atomic mass is 19.4. The van der Waals surface area contributed by atoms with Gasteiger partial charge >= 0.3 is 12.2 Å². The van der Waals surface area contributed by atoms with Crippen molar-refractivity contribution in [3.63, 3.8) is 0 Å². The zero-order valence-electron chi connectivity index (χ0n) is 22.5. The first-order valence-corrected chi connectivity index (χ1v) is 13.9. The third-order valence-corrected chi connectivity index (χ3v) is 8.85. The van der Waals surface area contributed by atoms with Gasteiger partial charge in [0.15, 0.2) is 0 Å². The Morgan fingerprint density at radius 3 is 2.71 bits per heavy atom. The van der Waals surface area contributed by atoms with Crippen LogP contribution in [-0.2, 0) is 0 Å². The average molecular weight is 580 g/mol. The number of halogens is 5. The van der Waals surface area contributed by atoms with Crippen LogP contribution in [0.15, 0.2) is 42.6 Å². The fraction of sp³-hybridized carbons (Fsp3) is 0.387. The Morgan fingerprint density at radius 2 is 1.95 bits per heavy atom. The Morgan fingerprint density at radius 1 is 1.10 bits per heavy atom. The molecule has 3 atom stereocenters. The smallest absolute Gasteiger partial charge is 0.408 e. The van der Waals surface area contributed by atoms with Crippen LogP contribution in [0.2, 0.25) is 0 Å². The molecular formula is C31H26F5N5O. The summed E-state index contributed by atoms with van der Waals surface area (Å²) < 4.78 is 75.8. The standard InChI is InChI=1S/C31H26F5N5O/c1-2-21-22-6-4-19(12-18(22)5-7-24(21)33)25-13-26-23(28(38-25)41-11-8-27(41)31(34,35)36)15-37-29(39-26)42-17-30-9-3-10-40(30)16-20(32)14-30/h1,4-7,12-13,15,20,27H,3,8-11,14,16-17H2/t20-,27+,30+/m1/s1. The third-order valence-electron chi connectivity index (χ3n) is 8.85. The monoisotopic (exact) mass is 579 g/mol. The van der Waals surface area contributed by atoms with Crippen LogP contribution in [0.5, 0.6) is 6.01 Å². The van der Waals surface area contributed by atoms with Crippen LogP contribution < -0.4 is 9.64 Å². The topological polar surface area (TPSA) is 54.4 Å². The molecule has 4 aromatic rings. The molecule has 6 nitrogen and oxygen atoms in total. The largest absolute Gasteiger partial charge is 0.461 e. The summed E-state index contributed by atoms with van der Waals surface area (Å²) in [7, 11) is 0. The maximum Gasteiger partial charge on any atom is 0.408 e. The summed E-state index contributed by atoms with van der Waals surface area (Å²) >= 11 is 0. The lowest BCUT2D eigenvalue weighted by atomic mass is 9.95. The molecule has 5 heterocycles. The number of hydrogen-bond acceptors (Lipinski definition) is 6. The fourth-order valence-corrected chi connectivity index (χ4v) is 6.67. The molecule has 0 bridgehead atoms. The lowest BCUT2D eigenvalue weighted by Gasteiger charge is -2.43. The maximum absolute atomic E-state index is 14.2. The van der Waals surface area contributed by atoms with E-state index in [1.54, 1.807) is 30.3 Å². The van der Waals surface area contributed by atoms with Crippen LogP contribution in [0.3, 0.4) is 0 Å². The summed E-state index contributed by atoms with van der Waals surface area (Å²) in [6.45, 7) is 1.61. The van der Waals surface area contributed by atoms with Crippen molar-refractivity contribution < 1.29 is 26.7 Å². The van der Waals surface area contributed by atoms with Crippen molar-refractivity contribution in [2.75, 3.05) is 31.1 Å². The first-order valence-electron chi connectivity index (χ1n) is 13.9. The molecule has 7 rings (SSSR count). The van der Waals surface area contributed by atoms with Crippen molar-refractivity contribution in [1.29, 1.82) is 0 Å². The Hall–Kier alpha value is -4.04. The van der Waals surface area contributed by atoms with E-state index >= 15 is 0 Å². The SMILES string of the molecule is C#Cc1c(F)ccc2cc(-c3cc4nc(OC[C@@]56CCCN5C[C@H](F)C6)ncc4c(N4CC[C@H]4C(F)(F)F)n3)ccc12. The van der Waals surface area contributed by atoms with Gasteiger partial charge in [0, 0.05) is 36.7 Å². The Balaban J connectivity index is 1.30. The van der Waals surface area contributed by atoms with Crippen LogP contribution in [0.1, 0.15) is 31.2 Å². The predicted molar refractivity (Wildman–Crippen MR) is 149 cm³/mol. The van der Waals surface area contributed by atoms with Crippen molar-refractivity contribution >= 4 is 27.5 Å². The first-order chi connectivity index (χ1) is 20.1. The van der Waals surface area contributed by atoms with E-state index in [1.165, 1.54) is 17.2 Å². The Bertz CT molecular complexity index is 1750. The minimum absolute atomic E-state index is 0.0382. The van der Waals surface area contributed by atoms with Crippen molar-refractivity contribution in [2.24, 2.45) is 0 Å². The van der Waals surface area contributed by atoms with Crippen LogP contribution in [0.4, 0.5) is 27.8 Å². The highest BCUT2D eigenvalue weighted by Crippen LogP contribution is 2.42. The fourth-order valence-electron chi connectivity index (χ4n) is 6.67. The van der Waals surface area contributed by atoms with Gasteiger partial charge in [0.1, 0.15) is 30.5 Å². The molecular weight excluding hydrogens is 553 g/mol. The molecule has 3 fully saturated rings. The quantitative estimate of drug-likeness (QED) is 0.212. The third kappa shape index (κ3) is 4.40. The number of fused-ring (bicyclic) bond motifs is 3. The van der Waals surface area contributed by atoms with Gasteiger partial charge < -0.3 is 9.64 Å². The number of terminal acetylenes is 1. The predicted octanol–water partition coefficient (Wildman–Crippen LogP) is 6.06. The average Bonchev–Trinajstić information content (AvgIpc) is 3.45. The van der Waals surface area contributed by atoms with E-state index in [2.05, 4.69) is 25.8 Å². The van der Waals surface area contributed by atoms with Crippen molar-refractivity contribution in [1.82, 2.24) is 19.9 Å². The molecule has 0 radical (unpaired) electrons. The van der Waals surface area contributed by atoms with Crippen molar-refractivity contribution in [3.05, 3.63) is 54.0 Å². The number of aromatic nitrogens is 3. The van der Waals surface area contributed by atoms with E-state index in [-0.39, 0.29) is 37.0 Å². The summed E-state index contributed by atoms with van der Waals surface area (Å²) in [6.07, 6.45) is 3.76. The first kappa shape index (κ1) is 26.8. The van der Waals surface area contributed by atoms with Gasteiger partial charge in [-0.25, -0.2) is 18.7 Å². The van der Waals surface area contributed by atoms with Crippen molar-refractivity contribution in [3.8, 4) is 29.6 Å². The Labute approximate surface area is 238 Å². The molecule has 0 unspecified atom stereocenters. The zero-order valence-corrected chi connectivity index (χ0v) is 22.5. The summed E-state index contributed by atoms with van der Waals surface area (Å²) in [5.74, 6) is 1.99. The summed E-state index contributed by atoms with van der Waals surface area (Å²) in [6, 6.07) is 8.11. The minimum atomic E-state index is -4.42. The molecule has 0 aliphatic carbocycles. The molecule has 3 saturated heterocycles. The van der Waals surface area contributed by atoms with Crippen LogP contribution in [0.25, 0.3) is 32.9 Å². The van der Waals surface area contributed by atoms with Gasteiger partial charge in [-0.2, -0.15) is 18.2 Å². The Kier molecular flexibility index (Phi) is 6.24. The van der Waals surface area contributed by atoms with E-state index < -0.39 is 29.7 Å². The van der Waals surface area contributed by atoms with Gasteiger partial charge in [0.25, 0.3) is 0 Å². The molecule has 0 N–H and O–H groups in total. The molecule has 42 heavy (non-hydrogen) atoms. The number of anilines is 1. The van der Waals surface area contributed by atoms with Gasteiger partial charge in [0.2, 0.25) is 0 Å². The second-order valence-corrected chi connectivity index (χ2v) is 11.3. The van der Waals surface area contributed by atoms with Gasteiger partial charge in [0.05, 0.1) is 27.7 Å². The molecule has 216 valence electrons. The van der Waals surface area contributed by atoms with Gasteiger partial charge in [-0.1, -0.05) is 24.1 Å². The normalized spacial score (nSPS) is 24.1. The molecule has 3 aliphatic rings. The lowest BCUT2D eigenvalue weighted by Crippen LogP contribution is -2.56. The summed E-state index contributed by atoms with van der Waals surface area (Å²) in [4.78, 5) is 16.9. The number of hydrogen-bond donors (Lipinski definition) is 0. The molecule has 2 aromatic heterocycles. The molecule has 0 amide bonds. The number of benzene rings is 2. The number of nitrogens with zero attached hydrogens (tertiary/aromatic N) is 5. The maximum atomic E-state index is 14.2.